The molecule has 2 aliphatic rings. The fourth-order valence-corrected chi connectivity index (χ4v) is 13.9. The minimum atomic E-state index is -2.79. The third kappa shape index (κ3) is 3.99. The Morgan fingerprint density at radius 2 is 0.702 bits per heavy atom. The summed E-state index contributed by atoms with van der Waals surface area (Å²) in [4.78, 5) is 0. The molecule has 232 valence electrons. The molecule has 0 aromatic heterocycles. The van der Waals surface area contributed by atoms with E-state index in [1.165, 1.54) is 65.3 Å². The van der Waals surface area contributed by atoms with Crippen molar-refractivity contribution in [3.8, 4) is 22.3 Å². The largest absolute Gasteiger partial charge is 0.179 e. The van der Waals surface area contributed by atoms with Gasteiger partial charge in [-0.25, -0.2) is 0 Å². The SMILES string of the molecule is CC(C)[C@]1(C)c2ccccc2-c2ccc([Si](c3ccccc3)(c3ccccc3)c3ccc4c(c3)[C@](C)(C(C)C)c3ccccc3-4)cc21. The molecule has 6 aromatic rings. The molecule has 0 amide bonds. The third-order valence-electron chi connectivity index (χ3n) is 12.3. The average molecular weight is 625 g/mol. The van der Waals surface area contributed by atoms with Crippen LogP contribution in [0.5, 0.6) is 0 Å². The van der Waals surface area contributed by atoms with Gasteiger partial charge in [-0.15, -0.1) is 0 Å². The zero-order valence-corrected chi connectivity index (χ0v) is 29.5. The lowest BCUT2D eigenvalue weighted by molar-refractivity contribution is 0.414. The second-order valence-corrected chi connectivity index (χ2v) is 18.6. The maximum Gasteiger partial charge on any atom is 0.179 e. The van der Waals surface area contributed by atoms with E-state index in [0.29, 0.717) is 11.8 Å². The van der Waals surface area contributed by atoms with Crippen LogP contribution in [0.25, 0.3) is 22.3 Å². The van der Waals surface area contributed by atoms with E-state index in [1.807, 2.05) is 0 Å². The van der Waals surface area contributed by atoms with Gasteiger partial charge in [-0.3, -0.25) is 0 Å². The zero-order chi connectivity index (χ0) is 32.6. The van der Waals surface area contributed by atoms with E-state index in [4.69, 9.17) is 0 Å². The quantitative estimate of drug-likeness (QED) is 0.128. The minimum Gasteiger partial charge on any atom is -0.0623 e. The molecule has 1 heteroatoms. The van der Waals surface area contributed by atoms with E-state index in [1.54, 1.807) is 0 Å². The Morgan fingerprint density at radius 1 is 0.362 bits per heavy atom. The van der Waals surface area contributed by atoms with Crippen LogP contribution in [-0.2, 0) is 10.8 Å². The molecule has 47 heavy (non-hydrogen) atoms. The van der Waals surface area contributed by atoms with E-state index in [0.717, 1.165) is 0 Å². The summed E-state index contributed by atoms with van der Waals surface area (Å²) < 4.78 is 0. The summed E-state index contributed by atoms with van der Waals surface area (Å²) in [6, 6.07) is 56.2. The molecule has 0 saturated heterocycles. The number of hydrogen-bond donors (Lipinski definition) is 0. The molecule has 8 rings (SSSR count). The fraction of sp³-hybridized carbons (Fsp3) is 0.217. The fourth-order valence-electron chi connectivity index (χ4n) is 9.14. The summed E-state index contributed by atoms with van der Waals surface area (Å²) in [6.45, 7) is 14.5. The van der Waals surface area contributed by atoms with Crippen LogP contribution in [0.1, 0.15) is 63.8 Å². The van der Waals surface area contributed by atoms with Crippen molar-refractivity contribution in [1.29, 1.82) is 0 Å². The van der Waals surface area contributed by atoms with Gasteiger partial charge in [0.1, 0.15) is 0 Å². The van der Waals surface area contributed by atoms with E-state index in [2.05, 4.69) is 187 Å². The van der Waals surface area contributed by atoms with Crippen LogP contribution in [0, 0.1) is 11.8 Å². The van der Waals surface area contributed by atoms with Crippen LogP contribution in [0.4, 0.5) is 0 Å². The van der Waals surface area contributed by atoms with Crippen LogP contribution in [0.15, 0.2) is 146 Å². The van der Waals surface area contributed by atoms with Crippen LogP contribution in [0.3, 0.4) is 0 Å². The first-order valence-electron chi connectivity index (χ1n) is 17.3. The van der Waals surface area contributed by atoms with Crippen LogP contribution >= 0.6 is 0 Å². The molecule has 0 nitrogen and oxygen atoms in total. The molecule has 2 aliphatic carbocycles. The van der Waals surface area contributed by atoms with Gasteiger partial charge >= 0.3 is 0 Å². The zero-order valence-electron chi connectivity index (χ0n) is 28.5. The van der Waals surface area contributed by atoms with Gasteiger partial charge in [-0.1, -0.05) is 187 Å². The lowest BCUT2D eigenvalue weighted by Crippen LogP contribution is -2.75. The molecular weight excluding hydrogens is 581 g/mol. The molecular formula is C46H44Si. The van der Waals surface area contributed by atoms with Crippen molar-refractivity contribution in [2.24, 2.45) is 11.8 Å². The predicted octanol–water partition coefficient (Wildman–Crippen LogP) is 8.95. The van der Waals surface area contributed by atoms with E-state index >= 15 is 0 Å². The maximum absolute atomic E-state index is 2.79. The molecule has 6 aromatic carbocycles. The van der Waals surface area contributed by atoms with Crippen molar-refractivity contribution < 1.29 is 0 Å². The molecule has 0 N–H and O–H groups in total. The molecule has 0 radical (unpaired) electrons. The normalized spacial score (nSPS) is 19.4. The van der Waals surface area contributed by atoms with Gasteiger partial charge in [0.2, 0.25) is 0 Å². The number of rotatable bonds is 6. The summed E-state index contributed by atoms with van der Waals surface area (Å²) in [7, 11) is -2.79. The van der Waals surface area contributed by atoms with Gasteiger partial charge in [-0.2, -0.15) is 0 Å². The van der Waals surface area contributed by atoms with E-state index in [-0.39, 0.29) is 10.8 Å². The highest BCUT2D eigenvalue weighted by Crippen LogP contribution is 2.53. The highest BCUT2D eigenvalue weighted by molar-refractivity contribution is 7.19. The molecule has 2 atom stereocenters. The Bertz CT molecular complexity index is 1970. The highest BCUT2D eigenvalue weighted by atomic mass is 28.3. The van der Waals surface area contributed by atoms with Crippen molar-refractivity contribution in [2.45, 2.75) is 52.4 Å². The molecule has 0 bridgehead atoms. The van der Waals surface area contributed by atoms with Crippen molar-refractivity contribution in [2.75, 3.05) is 0 Å². The van der Waals surface area contributed by atoms with Gasteiger partial charge in [-0.05, 0) is 77.1 Å². The Labute approximate surface area is 282 Å². The van der Waals surface area contributed by atoms with Crippen LogP contribution in [-0.4, -0.2) is 8.07 Å². The lowest BCUT2D eigenvalue weighted by Gasteiger charge is -2.38. The van der Waals surface area contributed by atoms with Gasteiger partial charge in [0.25, 0.3) is 0 Å². The smallest absolute Gasteiger partial charge is 0.0623 e. The number of benzene rings is 6. The minimum absolute atomic E-state index is 0.0642. The average Bonchev–Trinajstić information content (AvgIpc) is 3.53. The summed E-state index contributed by atoms with van der Waals surface area (Å²) >= 11 is 0. The Kier molecular flexibility index (Phi) is 6.87. The molecule has 0 fully saturated rings. The highest BCUT2D eigenvalue weighted by Gasteiger charge is 2.48. The van der Waals surface area contributed by atoms with Crippen molar-refractivity contribution in [3.63, 3.8) is 0 Å². The van der Waals surface area contributed by atoms with Gasteiger partial charge in [0.15, 0.2) is 8.07 Å². The van der Waals surface area contributed by atoms with Crippen molar-refractivity contribution >= 4 is 28.8 Å². The Hall–Kier alpha value is -4.46. The first-order chi connectivity index (χ1) is 22.7. The Balaban J connectivity index is 1.47. The predicted molar refractivity (Wildman–Crippen MR) is 204 cm³/mol. The monoisotopic (exact) mass is 624 g/mol. The topological polar surface area (TPSA) is 0 Å². The summed E-state index contributed by atoms with van der Waals surface area (Å²) in [6.07, 6.45) is 0. The molecule has 0 heterocycles. The van der Waals surface area contributed by atoms with Crippen LogP contribution < -0.4 is 20.7 Å². The first kappa shape index (κ1) is 29.9. The van der Waals surface area contributed by atoms with E-state index < -0.39 is 8.07 Å². The van der Waals surface area contributed by atoms with Crippen LogP contribution in [0.2, 0.25) is 0 Å². The summed E-state index contributed by atoms with van der Waals surface area (Å²) in [5, 5.41) is 5.76. The number of fused-ring (bicyclic) bond motifs is 6. The lowest BCUT2D eigenvalue weighted by atomic mass is 9.71. The number of hydrogen-bond acceptors (Lipinski definition) is 0. The van der Waals surface area contributed by atoms with Crippen molar-refractivity contribution in [3.05, 3.63) is 168 Å². The van der Waals surface area contributed by atoms with Gasteiger partial charge in [0, 0.05) is 10.8 Å². The second kappa shape index (κ2) is 10.8. The standard InChI is InChI=1S/C46H44Si/c1-31(2)45(5)41-23-15-13-21-37(41)39-27-25-35(29-43(39)45)47(33-17-9-7-10-18-33,34-19-11-8-12-20-34)36-26-28-40-38-22-14-16-24-42(38)46(6,32(3)4)44(40)30-36/h7-32H,1-6H3/t45-,46-/m1/s1. The Morgan fingerprint density at radius 3 is 1.09 bits per heavy atom. The molecule has 0 spiro atoms. The van der Waals surface area contributed by atoms with Gasteiger partial charge < -0.3 is 0 Å². The van der Waals surface area contributed by atoms with Crippen molar-refractivity contribution in [1.82, 2.24) is 0 Å². The van der Waals surface area contributed by atoms with Gasteiger partial charge in [0.05, 0.1) is 0 Å². The molecule has 0 saturated carbocycles. The van der Waals surface area contributed by atoms with E-state index in [9.17, 15) is 0 Å². The maximum atomic E-state index is 2.63. The third-order valence-corrected chi connectivity index (χ3v) is 17.1. The molecule has 0 unspecified atom stereocenters. The molecule has 0 aliphatic heterocycles. The summed E-state index contributed by atoms with van der Waals surface area (Å²) in [5.41, 5.74) is 11.3. The summed E-state index contributed by atoms with van der Waals surface area (Å²) in [5.74, 6) is 0.907. The first-order valence-corrected chi connectivity index (χ1v) is 19.3. The second-order valence-electron chi connectivity index (χ2n) is 14.8.